The van der Waals surface area contributed by atoms with Gasteiger partial charge in [0.2, 0.25) is 0 Å². The summed E-state index contributed by atoms with van der Waals surface area (Å²) < 4.78 is 4.73. The van der Waals surface area contributed by atoms with Gasteiger partial charge in [0.15, 0.2) is 6.10 Å². The van der Waals surface area contributed by atoms with Crippen molar-refractivity contribution in [2.45, 2.75) is 38.3 Å². The van der Waals surface area contributed by atoms with Crippen LogP contribution >= 0.6 is 0 Å². The van der Waals surface area contributed by atoms with Crippen LogP contribution in [-0.2, 0) is 9.53 Å². The van der Waals surface area contributed by atoms with Crippen LogP contribution in [0.2, 0.25) is 0 Å². The van der Waals surface area contributed by atoms with Gasteiger partial charge in [-0.05, 0) is 19.9 Å². The van der Waals surface area contributed by atoms with Gasteiger partial charge in [0.25, 0.3) is 0 Å². The molecule has 4 atom stereocenters. The quantitative estimate of drug-likeness (QED) is 0.393. The van der Waals surface area contributed by atoms with Gasteiger partial charge in [0.05, 0.1) is 17.8 Å². The smallest absolute Gasteiger partial charge is 0.337 e. The number of esters is 1. The van der Waals surface area contributed by atoms with E-state index in [-0.39, 0.29) is 5.57 Å². The first-order valence-corrected chi connectivity index (χ1v) is 4.40. The third-order valence-electron chi connectivity index (χ3n) is 2.00. The van der Waals surface area contributed by atoms with Gasteiger partial charge in [-0.2, -0.15) is 0 Å². The predicted molar refractivity (Wildman–Crippen MR) is 47.3 cm³/mol. The first-order chi connectivity index (χ1) is 6.43. The average Bonchev–Trinajstić information content (AvgIpc) is 2.31. The van der Waals surface area contributed by atoms with Gasteiger partial charge >= 0.3 is 5.97 Å². The fourth-order valence-corrected chi connectivity index (χ4v) is 1.34. The van der Waals surface area contributed by atoms with E-state index in [2.05, 4.69) is 0 Å². The summed E-state index contributed by atoms with van der Waals surface area (Å²) in [6, 6.07) is 0. The molecule has 0 saturated carbocycles. The number of aliphatic hydroxyl groups excluding tert-OH is 3. The number of aliphatic hydroxyl groups is 3. The Bertz CT molecular complexity index is 256. The Morgan fingerprint density at radius 3 is 2.36 bits per heavy atom. The second-order valence-corrected chi connectivity index (χ2v) is 3.42. The normalized spacial score (nSPS) is 34.4. The molecule has 80 valence electrons. The average molecular weight is 202 g/mol. The van der Waals surface area contributed by atoms with E-state index >= 15 is 0 Å². The van der Waals surface area contributed by atoms with Crippen molar-refractivity contribution in [1.82, 2.24) is 0 Å². The Hall–Kier alpha value is -0.910. The van der Waals surface area contributed by atoms with Crippen LogP contribution in [-0.4, -0.2) is 45.7 Å². The Morgan fingerprint density at radius 2 is 2.00 bits per heavy atom. The van der Waals surface area contributed by atoms with Crippen molar-refractivity contribution in [2.24, 2.45) is 0 Å². The molecule has 0 aliphatic carbocycles. The minimum atomic E-state index is -1.17. The first kappa shape index (κ1) is 11.2. The molecule has 0 aromatic carbocycles. The molecule has 1 fully saturated rings. The van der Waals surface area contributed by atoms with E-state index in [1.54, 1.807) is 0 Å². The lowest BCUT2D eigenvalue weighted by Gasteiger charge is -2.15. The lowest BCUT2D eigenvalue weighted by atomic mass is 10.0. The Labute approximate surface area is 81.6 Å². The van der Waals surface area contributed by atoms with Crippen molar-refractivity contribution in [3.05, 3.63) is 11.6 Å². The molecule has 1 aliphatic rings. The number of ether oxygens (including phenoxy) is 1. The molecular weight excluding hydrogens is 188 g/mol. The number of carbonyl (C=O) groups is 1. The standard InChI is InChI=1S/C9H14O5/c1-4(10)3-6-7(12)8(5(2)11)14-9(6)13/h3-5,7-8,10-12H,1-2H3/b6-3-/t4-,5+,7-,8+/m1/s1. The van der Waals surface area contributed by atoms with Gasteiger partial charge < -0.3 is 20.1 Å². The van der Waals surface area contributed by atoms with Gasteiger partial charge in [0.1, 0.15) is 6.10 Å². The third kappa shape index (κ3) is 2.12. The molecule has 0 unspecified atom stereocenters. The van der Waals surface area contributed by atoms with Gasteiger partial charge in [-0.3, -0.25) is 0 Å². The lowest BCUT2D eigenvalue weighted by molar-refractivity contribution is -0.144. The van der Waals surface area contributed by atoms with Crippen molar-refractivity contribution in [3.63, 3.8) is 0 Å². The molecular formula is C9H14O5. The molecule has 1 heterocycles. The second-order valence-electron chi connectivity index (χ2n) is 3.42. The van der Waals surface area contributed by atoms with E-state index in [9.17, 15) is 9.90 Å². The minimum Gasteiger partial charge on any atom is -0.453 e. The van der Waals surface area contributed by atoms with E-state index in [4.69, 9.17) is 14.9 Å². The maximum atomic E-state index is 11.2. The molecule has 0 bridgehead atoms. The summed E-state index contributed by atoms with van der Waals surface area (Å²) in [5.74, 6) is -0.690. The Morgan fingerprint density at radius 1 is 1.43 bits per heavy atom. The van der Waals surface area contributed by atoms with Crippen LogP contribution in [0, 0.1) is 0 Å². The summed E-state index contributed by atoms with van der Waals surface area (Å²) in [5.41, 5.74) is 0.00546. The van der Waals surface area contributed by atoms with Crippen LogP contribution in [0.5, 0.6) is 0 Å². The topological polar surface area (TPSA) is 87.0 Å². The van der Waals surface area contributed by atoms with Crippen molar-refractivity contribution >= 4 is 5.97 Å². The van der Waals surface area contributed by atoms with Gasteiger partial charge in [-0.15, -0.1) is 0 Å². The van der Waals surface area contributed by atoms with Crippen molar-refractivity contribution in [3.8, 4) is 0 Å². The van der Waals surface area contributed by atoms with Crippen LogP contribution < -0.4 is 0 Å². The summed E-state index contributed by atoms with van der Waals surface area (Å²) in [7, 11) is 0. The monoisotopic (exact) mass is 202 g/mol. The number of rotatable bonds is 2. The zero-order valence-electron chi connectivity index (χ0n) is 8.04. The Kier molecular flexibility index (Phi) is 3.25. The van der Waals surface area contributed by atoms with E-state index in [1.807, 2.05) is 0 Å². The highest BCUT2D eigenvalue weighted by molar-refractivity contribution is 5.92. The van der Waals surface area contributed by atoms with Gasteiger partial charge in [-0.25, -0.2) is 4.79 Å². The van der Waals surface area contributed by atoms with Crippen LogP contribution in [0.1, 0.15) is 13.8 Å². The molecule has 0 amide bonds. The molecule has 0 radical (unpaired) electrons. The highest BCUT2D eigenvalue weighted by atomic mass is 16.6. The first-order valence-electron chi connectivity index (χ1n) is 4.40. The largest absolute Gasteiger partial charge is 0.453 e. The summed E-state index contributed by atoms with van der Waals surface area (Å²) >= 11 is 0. The highest BCUT2D eigenvalue weighted by Crippen LogP contribution is 2.23. The van der Waals surface area contributed by atoms with E-state index in [1.165, 1.54) is 19.9 Å². The van der Waals surface area contributed by atoms with Crippen molar-refractivity contribution in [1.29, 1.82) is 0 Å². The van der Waals surface area contributed by atoms with E-state index in [0.29, 0.717) is 0 Å². The number of hydrogen-bond donors (Lipinski definition) is 3. The third-order valence-corrected chi connectivity index (χ3v) is 2.00. The van der Waals surface area contributed by atoms with Crippen LogP contribution in [0.3, 0.4) is 0 Å². The molecule has 1 saturated heterocycles. The molecule has 5 heteroatoms. The lowest BCUT2D eigenvalue weighted by Crippen LogP contribution is -2.32. The predicted octanol–water partition coefficient (Wildman–Crippen LogP) is -1.04. The zero-order chi connectivity index (χ0) is 10.9. The molecule has 5 nitrogen and oxygen atoms in total. The van der Waals surface area contributed by atoms with Gasteiger partial charge in [-0.1, -0.05) is 0 Å². The molecule has 1 rings (SSSR count). The molecule has 0 spiro atoms. The van der Waals surface area contributed by atoms with E-state index in [0.717, 1.165) is 0 Å². The molecule has 0 aromatic rings. The fraction of sp³-hybridized carbons (Fsp3) is 0.667. The number of hydrogen-bond acceptors (Lipinski definition) is 5. The molecule has 3 N–H and O–H groups in total. The van der Waals surface area contributed by atoms with Crippen molar-refractivity contribution in [2.75, 3.05) is 0 Å². The SMILES string of the molecule is C[C@H](O)[C@@H]1OC(=O)/C(=C\[C@@H](C)O)[C@H]1O. The van der Waals surface area contributed by atoms with Crippen LogP contribution in [0.4, 0.5) is 0 Å². The second kappa shape index (κ2) is 4.08. The minimum absolute atomic E-state index is 0.00546. The number of carbonyl (C=O) groups excluding carboxylic acids is 1. The summed E-state index contributed by atoms with van der Waals surface area (Å²) in [6.45, 7) is 2.88. The fourth-order valence-electron chi connectivity index (χ4n) is 1.34. The highest BCUT2D eigenvalue weighted by Gasteiger charge is 2.41. The van der Waals surface area contributed by atoms with Gasteiger partial charge in [0, 0.05) is 0 Å². The summed E-state index contributed by atoms with van der Waals surface area (Å²) in [6.07, 6.45) is -2.66. The maximum absolute atomic E-state index is 11.2. The summed E-state index contributed by atoms with van der Waals surface area (Å²) in [5, 5.41) is 27.7. The van der Waals surface area contributed by atoms with Crippen LogP contribution in [0.25, 0.3) is 0 Å². The zero-order valence-corrected chi connectivity index (χ0v) is 8.04. The maximum Gasteiger partial charge on any atom is 0.337 e. The van der Waals surface area contributed by atoms with E-state index < -0.39 is 30.4 Å². The molecule has 0 aromatic heterocycles. The molecule has 1 aliphatic heterocycles. The van der Waals surface area contributed by atoms with Crippen LogP contribution in [0.15, 0.2) is 11.6 Å². The summed E-state index contributed by atoms with van der Waals surface area (Å²) in [4.78, 5) is 11.2. The van der Waals surface area contributed by atoms with Crippen molar-refractivity contribution < 1.29 is 24.9 Å². The Balaban J connectivity index is 2.85. The number of cyclic esters (lactones) is 1. The molecule has 14 heavy (non-hydrogen) atoms.